The summed E-state index contributed by atoms with van der Waals surface area (Å²) < 4.78 is 5.75. The van der Waals surface area contributed by atoms with Gasteiger partial charge in [-0.1, -0.05) is 26.2 Å². The van der Waals surface area contributed by atoms with Crippen LogP contribution < -0.4 is 4.74 Å². The van der Waals surface area contributed by atoms with Crippen molar-refractivity contribution in [2.75, 3.05) is 0 Å². The smallest absolute Gasteiger partial charge is 0.174 e. The molecule has 0 aliphatic rings. The highest BCUT2D eigenvalue weighted by atomic mass is 32.1. The Labute approximate surface area is 91.1 Å². The van der Waals surface area contributed by atoms with Crippen molar-refractivity contribution >= 4 is 11.3 Å². The first-order chi connectivity index (χ1) is 6.83. The third-order valence-corrected chi connectivity index (χ3v) is 3.03. The lowest BCUT2D eigenvalue weighted by molar-refractivity contribution is 0.213. The van der Waals surface area contributed by atoms with E-state index >= 15 is 0 Å². The fourth-order valence-electron chi connectivity index (χ4n) is 1.45. The first kappa shape index (κ1) is 11.6. The van der Waals surface area contributed by atoms with Gasteiger partial charge in [-0.25, -0.2) is 0 Å². The largest absolute Gasteiger partial charge is 0.481 e. The van der Waals surface area contributed by atoms with Crippen molar-refractivity contribution in [2.24, 2.45) is 0 Å². The summed E-state index contributed by atoms with van der Waals surface area (Å²) in [6.07, 6.45) is 6.84. The molecule has 0 saturated heterocycles. The molecule has 0 aliphatic heterocycles. The second kappa shape index (κ2) is 6.88. The molecule has 1 atom stereocenters. The molecule has 14 heavy (non-hydrogen) atoms. The minimum atomic E-state index is 0.366. The molecule has 0 bridgehead atoms. The number of unbranched alkanes of at least 4 members (excludes halogenated alkanes) is 3. The summed E-state index contributed by atoms with van der Waals surface area (Å²) in [5.74, 6) is 0. The van der Waals surface area contributed by atoms with Gasteiger partial charge in [-0.15, -0.1) is 11.3 Å². The standard InChI is InChI=1S/C12H20OS/c1-3-4-5-6-8-11(2)13-12-9-7-10-14-12/h7,9-11H,3-6,8H2,1-2H3. The van der Waals surface area contributed by atoms with E-state index in [9.17, 15) is 0 Å². The first-order valence-electron chi connectivity index (χ1n) is 5.53. The number of hydrogen-bond donors (Lipinski definition) is 0. The van der Waals surface area contributed by atoms with E-state index in [1.807, 2.05) is 12.1 Å². The molecule has 1 heterocycles. The van der Waals surface area contributed by atoms with Crippen LogP contribution in [0.4, 0.5) is 0 Å². The Bertz CT molecular complexity index is 218. The van der Waals surface area contributed by atoms with Crippen LogP contribution in [-0.4, -0.2) is 6.10 Å². The highest BCUT2D eigenvalue weighted by Gasteiger charge is 2.03. The maximum absolute atomic E-state index is 5.75. The second-order valence-corrected chi connectivity index (χ2v) is 4.62. The Morgan fingerprint density at radius 2 is 2.21 bits per heavy atom. The summed E-state index contributed by atoms with van der Waals surface area (Å²) in [6.45, 7) is 4.40. The molecule has 1 aromatic heterocycles. The van der Waals surface area contributed by atoms with Gasteiger partial charge in [-0.05, 0) is 37.3 Å². The third-order valence-electron chi connectivity index (χ3n) is 2.28. The van der Waals surface area contributed by atoms with Gasteiger partial charge in [0.15, 0.2) is 5.06 Å². The first-order valence-corrected chi connectivity index (χ1v) is 6.41. The van der Waals surface area contributed by atoms with E-state index in [1.54, 1.807) is 11.3 Å². The van der Waals surface area contributed by atoms with Crippen molar-refractivity contribution in [3.05, 3.63) is 17.5 Å². The molecule has 2 heteroatoms. The number of thiophene rings is 1. The molecule has 0 N–H and O–H groups in total. The van der Waals surface area contributed by atoms with Crippen molar-refractivity contribution in [3.8, 4) is 5.06 Å². The maximum atomic E-state index is 5.75. The average molecular weight is 212 g/mol. The molecule has 0 fully saturated rings. The molecule has 1 aromatic rings. The maximum Gasteiger partial charge on any atom is 0.174 e. The summed E-state index contributed by atoms with van der Waals surface area (Å²) in [4.78, 5) is 0. The normalized spacial score (nSPS) is 12.7. The third kappa shape index (κ3) is 4.66. The lowest BCUT2D eigenvalue weighted by atomic mass is 10.1. The van der Waals surface area contributed by atoms with Crippen molar-refractivity contribution in [1.82, 2.24) is 0 Å². The molecule has 0 aromatic carbocycles. The molecule has 0 saturated carbocycles. The predicted molar refractivity (Wildman–Crippen MR) is 63.2 cm³/mol. The molecule has 0 spiro atoms. The summed E-state index contributed by atoms with van der Waals surface area (Å²) in [6, 6.07) is 4.07. The minimum absolute atomic E-state index is 0.366. The lowest BCUT2D eigenvalue weighted by Crippen LogP contribution is -2.10. The van der Waals surface area contributed by atoms with Crippen LogP contribution in [0.15, 0.2) is 17.5 Å². The SMILES string of the molecule is CCCCCCC(C)Oc1cccs1. The van der Waals surface area contributed by atoms with Gasteiger partial charge >= 0.3 is 0 Å². The fourth-order valence-corrected chi connectivity index (χ4v) is 2.11. The van der Waals surface area contributed by atoms with Crippen molar-refractivity contribution in [1.29, 1.82) is 0 Å². The summed E-state index contributed by atoms with van der Waals surface area (Å²) >= 11 is 1.67. The zero-order valence-corrected chi connectivity index (χ0v) is 9.98. The van der Waals surface area contributed by atoms with Crippen LogP contribution in [0.1, 0.15) is 46.0 Å². The molecular weight excluding hydrogens is 192 g/mol. The van der Waals surface area contributed by atoms with Gasteiger partial charge in [-0.3, -0.25) is 0 Å². The number of rotatable bonds is 7. The van der Waals surface area contributed by atoms with Crippen LogP contribution in [0, 0.1) is 0 Å². The Hall–Kier alpha value is -0.500. The topological polar surface area (TPSA) is 9.23 Å². The summed E-state index contributed by atoms with van der Waals surface area (Å²) in [5, 5.41) is 3.10. The van der Waals surface area contributed by atoms with Crippen LogP contribution in [0.25, 0.3) is 0 Å². The molecular formula is C12H20OS. The Balaban J connectivity index is 2.07. The molecule has 1 rings (SSSR count). The quantitative estimate of drug-likeness (QED) is 0.605. The van der Waals surface area contributed by atoms with Gasteiger partial charge in [0.1, 0.15) is 0 Å². The molecule has 0 amide bonds. The fraction of sp³-hybridized carbons (Fsp3) is 0.667. The molecule has 80 valence electrons. The van der Waals surface area contributed by atoms with Crippen molar-refractivity contribution < 1.29 is 4.74 Å². The molecule has 0 aliphatic carbocycles. The van der Waals surface area contributed by atoms with Gasteiger partial charge in [0.2, 0.25) is 0 Å². The summed E-state index contributed by atoms with van der Waals surface area (Å²) in [5.41, 5.74) is 0. The van der Waals surface area contributed by atoms with E-state index in [0.29, 0.717) is 6.10 Å². The summed E-state index contributed by atoms with van der Waals surface area (Å²) in [7, 11) is 0. The Morgan fingerprint density at radius 3 is 2.86 bits per heavy atom. The molecule has 1 nitrogen and oxygen atoms in total. The number of hydrogen-bond acceptors (Lipinski definition) is 2. The monoisotopic (exact) mass is 212 g/mol. The molecule has 1 unspecified atom stereocenters. The van der Waals surface area contributed by atoms with Gasteiger partial charge in [0.05, 0.1) is 6.10 Å². The van der Waals surface area contributed by atoms with Crippen LogP contribution in [0.2, 0.25) is 0 Å². The lowest BCUT2D eigenvalue weighted by Gasteiger charge is -2.12. The Kier molecular flexibility index (Phi) is 5.69. The van der Waals surface area contributed by atoms with E-state index in [2.05, 4.69) is 19.2 Å². The van der Waals surface area contributed by atoms with Crippen LogP contribution >= 0.6 is 11.3 Å². The number of ether oxygens (including phenoxy) is 1. The zero-order chi connectivity index (χ0) is 10.2. The zero-order valence-electron chi connectivity index (χ0n) is 9.16. The predicted octanol–water partition coefficient (Wildman–Crippen LogP) is 4.49. The van der Waals surface area contributed by atoms with Crippen molar-refractivity contribution in [3.63, 3.8) is 0 Å². The average Bonchev–Trinajstić information content (AvgIpc) is 2.65. The van der Waals surface area contributed by atoms with Crippen LogP contribution in [0.5, 0.6) is 5.06 Å². The van der Waals surface area contributed by atoms with E-state index in [-0.39, 0.29) is 0 Å². The van der Waals surface area contributed by atoms with Gasteiger partial charge in [-0.2, -0.15) is 0 Å². The van der Waals surface area contributed by atoms with Crippen LogP contribution in [-0.2, 0) is 0 Å². The molecule has 0 radical (unpaired) electrons. The van der Waals surface area contributed by atoms with E-state index < -0.39 is 0 Å². The van der Waals surface area contributed by atoms with E-state index in [0.717, 1.165) is 5.06 Å². The van der Waals surface area contributed by atoms with Gasteiger partial charge < -0.3 is 4.74 Å². The minimum Gasteiger partial charge on any atom is -0.481 e. The second-order valence-electron chi connectivity index (χ2n) is 3.71. The van der Waals surface area contributed by atoms with Crippen LogP contribution in [0.3, 0.4) is 0 Å². The van der Waals surface area contributed by atoms with Crippen molar-refractivity contribution in [2.45, 2.75) is 52.1 Å². The van der Waals surface area contributed by atoms with E-state index in [4.69, 9.17) is 4.74 Å². The Morgan fingerprint density at radius 1 is 1.36 bits per heavy atom. The highest BCUT2D eigenvalue weighted by Crippen LogP contribution is 2.21. The van der Waals surface area contributed by atoms with E-state index in [1.165, 1.54) is 32.1 Å². The highest BCUT2D eigenvalue weighted by molar-refractivity contribution is 7.11. The van der Waals surface area contributed by atoms with Gasteiger partial charge in [0.25, 0.3) is 0 Å². The van der Waals surface area contributed by atoms with Gasteiger partial charge in [0, 0.05) is 0 Å².